The molecule has 3 aromatic rings. The fraction of sp³-hybridized carbons (Fsp3) is 0.333. The molecule has 0 amide bonds. The van der Waals surface area contributed by atoms with Gasteiger partial charge in [0.15, 0.2) is 0 Å². The van der Waals surface area contributed by atoms with Gasteiger partial charge in [-0.15, -0.1) is 0 Å². The SMILES string of the molecule is CCCN(CCC)CCCCOc1ccc(/C(=C(/Cl)c2ccccc2)c2ccc(O)cc2)cc1. The number of halogens is 1. The van der Waals surface area contributed by atoms with Gasteiger partial charge in [0.1, 0.15) is 11.5 Å². The van der Waals surface area contributed by atoms with Crippen LogP contribution in [-0.4, -0.2) is 36.2 Å². The van der Waals surface area contributed by atoms with E-state index in [0.29, 0.717) is 5.03 Å². The molecule has 0 heterocycles. The van der Waals surface area contributed by atoms with Crippen LogP contribution < -0.4 is 4.74 Å². The topological polar surface area (TPSA) is 32.7 Å². The van der Waals surface area contributed by atoms with Crippen molar-refractivity contribution in [1.29, 1.82) is 0 Å². The maximum Gasteiger partial charge on any atom is 0.119 e. The highest BCUT2D eigenvalue weighted by atomic mass is 35.5. The number of phenolic OH excluding ortho intramolecular Hbond substituents is 1. The summed E-state index contributed by atoms with van der Waals surface area (Å²) in [6.45, 7) is 8.70. The Bertz CT molecular complexity index is 1010. The first-order valence-corrected chi connectivity index (χ1v) is 12.7. The number of phenols is 1. The highest BCUT2D eigenvalue weighted by Crippen LogP contribution is 2.36. The number of nitrogens with zero attached hydrogens (tertiary/aromatic N) is 1. The zero-order valence-corrected chi connectivity index (χ0v) is 21.1. The number of hydrogen-bond acceptors (Lipinski definition) is 3. The van der Waals surface area contributed by atoms with Crippen LogP contribution in [0.1, 0.15) is 56.2 Å². The van der Waals surface area contributed by atoms with E-state index in [-0.39, 0.29) is 5.75 Å². The molecular weight excluding hydrogens is 442 g/mol. The molecule has 0 saturated carbocycles. The van der Waals surface area contributed by atoms with Crippen molar-refractivity contribution < 1.29 is 9.84 Å². The normalized spacial score (nSPS) is 12.0. The van der Waals surface area contributed by atoms with Crippen LogP contribution in [0.2, 0.25) is 0 Å². The molecule has 0 unspecified atom stereocenters. The third kappa shape index (κ3) is 7.65. The van der Waals surface area contributed by atoms with E-state index < -0.39 is 0 Å². The van der Waals surface area contributed by atoms with Gasteiger partial charge in [0.25, 0.3) is 0 Å². The van der Waals surface area contributed by atoms with Gasteiger partial charge in [-0.2, -0.15) is 0 Å². The summed E-state index contributed by atoms with van der Waals surface area (Å²) in [6, 6.07) is 25.2. The summed E-state index contributed by atoms with van der Waals surface area (Å²) in [6.07, 6.45) is 4.61. The summed E-state index contributed by atoms with van der Waals surface area (Å²) in [4.78, 5) is 2.54. The summed E-state index contributed by atoms with van der Waals surface area (Å²) in [7, 11) is 0. The van der Waals surface area contributed by atoms with Crippen LogP contribution in [0.5, 0.6) is 11.5 Å². The Hall–Kier alpha value is -2.75. The molecule has 0 aromatic heterocycles. The average molecular weight is 478 g/mol. The second-order valence-electron chi connectivity index (χ2n) is 8.52. The summed E-state index contributed by atoms with van der Waals surface area (Å²) in [5.41, 5.74) is 3.82. The molecule has 3 rings (SSSR count). The van der Waals surface area contributed by atoms with Gasteiger partial charge in [-0.25, -0.2) is 0 Å². The standard InChI is InChI=1S/C30H36ClNO2/c1-3-20-32(21-4-2)22-8-9-23-34-28-18-14-25(15-19-28)29(24-12-16-27(33)17-13-24)30(31)26-10-6-5-7-11-26/h5-7,10-19,33H,3-4,8-9,20-23H2,1-2H3/b30-29+. The Morgan fingerprint density at radius 3 is 1.91 bits per heavy atom. The summed E-state index contributed by atoms with van der Waals surface area (Å²) < 4.78 is 6.01. The van der Waals surface area contributed by atoms with Crippen molar-refractivity contribution >= 4 is 22.2 Å². The van der Waals surface area contributed by atoms with Gasteiger partial charge in [-0.1, -0.05) is 80.0 Å². The Morgan fingerprint density at radius 2 is 1.32 bits per heavy atom. The van der Waals surface area contributed by atoms with Crippen LogP contribution in [0, 0.1) is 0 Å². The average Bonchev–Trinajstić information content (AvgIpc) is 2.86. The molecule has 0 saturated heterocycles. The Morgan fingerprint density at radius 1 is 0.735 bits per heavy atom. The lowest BCUT2D eigenvalue weighted by Gasteiger charge is -2.20. The molecule has 1 N–H and O–H groups in total. The van der Waals surface area contributed by atoms with Gasteiger partial charge in [-0.05, 0) is 86.3 Å². The zero-order valence-electron chi connectivity index (χ0n) is 20.3. The van der Waals surface area contributed by atoms with Crippen molar-refractivity contribution in [1.82, 2.24) is 4.90 Å². The number of rotatable bonds is 13. The van der Waals surface area contributed by atoms with Crippen molar-refractivity contribution in [2.24, 2.45) is 0 Å². The predicted octanol–water partition coefficient (Wildman–Crippen LogP) is 7.83. The minimum Gasteiger partial charge on any atom is -0.508 e. The number of unbranched alkanes of at least 4 members (excludes halogenated alkanes) is 1. The number of benzene rings is 3. The first kappa shape index (κ1) is 25.9. The summed E-state index contributed by atoms with van der Waals surface area (Å²) >= 11 is 6.89. The molecule has 0 fully saturated rings. The molecule has 3 aromatic carbocycles. The van der Waals surface area contributed by atoms with Crippen LogP contribution in [0.25, 0.3) is 10.6 Å². The molecule has 3 nitrogen and oxygen atoms in total. The monoisotopic (exact) mass is 477 g/mol. The molecule has 0 aliphatic rings. The van der Waals surface area contributed by atoms with Crippen LogP contribution in [0.3, 0.4) is 0 Å². The number of hydrogen-bond donors (Lipinski definition) is 1. The first-order valence-electron chi connectivity index (χ1n) is 12.3. The predicted molar refractivity (Wildman–Crippen MR) is 145 cm³/mol. The van der Waals surface area contributed by atoms with E-state index in [1.165, 1.54) is 25.9 Å². The Balaban J connectivity index is 1.68. The van der Waals surface area contributed by atoms with E-state index >= 15 is 0 Å². The van der Waals surface area contributed by atoms with Gasteiger partial charge in [0.2, 0.25) is 0 Å². The molecule has 180 valence electrons. The second-order valence-corrected chi connectivity index (χ2v) is 8.90. The van der Waals surface area contributed by atoms with Crippen molar-refractivity contribution in [2.75, 3.05) is 26.2 Å². The second kappa shape index (κ2) is 13.8. The van der Waals surface area contributed by atoms with Crippen LogP contribution >= 0.6 is 11.6 Å². The number of aromatic hydroxyl groups is 1. The van der Waals surface area contributed by atoms with Crippen molar-refractivity contribution in [3.05, 3.63) is 95.6 Å². The van der Waals surface area contributed by atoms with Gasteiger partial charge >= 0.3 is 0 Å². The largest absolute Gasteiger partial charge is 0.508 e. The minimum absolute atomic E-state index is 0.232. The number of ether oxygens (including phenoxy) is 1. The highest BCUT2D eigenvalue weighted by Gasteiger charge is 2.13. The lowest BCUT2D eigenvalue weighted by atomic mass is 9.95. The zero-order chi connectivity index (χ0) is 24.2. The van der Waals surface area contributed by atoms with Crippen LogP contribution in [0.15, 0.2) is 78.9 Å². The van der Waals surface area contributed by atoms with E-state index in [1.54, 1.807) is 12.1 Å². The van der Waals surface area contributed by atoms with Crippen molar-refractivity contribution in [3.8, 4) is 11.5 Å². The fourth-order valence-electron chi connectivity index (χ4n) is 4.09. The van der Waals surface area contributed by atoms with Crippen molar-refractivity contribution in [2.45, 2.75) is 39.5 Å². The van der Waals surface area contributed by atoms with E-state index in [1.807, 2.05) is 66.7 Å². The van der Waals surface area contributed by atoms with Gasteiger partial charge in [0.05, 0.1) is 11.6 Å². The molecule has 0 aliphatic heterocycles. The lowest BCUT2D eigenvalue weighted by molar-refractivity contribution is 0.250. The van der Waals surface area contributed by atoms with Crippen LogP contribution in [-0.2, 0) is 0 Å². The smallest absolute Gasteiger partial charge is 0.119 e. The van der Waals surface area contributed by atoms with Gasteiger partial charge in [-0.3, -0.25) is 0 Å². The maximum absolute atomic E-state index is 9.74. The summed E-state index contributed by atoms with van der Waals surface area (Å²) in [5, 5.41) is 10.4. The Kier molecular flexibility index (Phi) is 10.5. The minimum atomic E-state index is 0.232. The third-order valence-electron chi connectivity index (χ3n) is 5.76. The molecule has 0 radical (unpaired) electrons. The van der Waals surface area contributed by atoms with Gasteiger partial charge < -0.3 is 14.7 Å². The Labute approximate surface area is 209 Å². The van der Waals surface area contributed by atoms with E-state index in [9.17, 15) is 5.11 Å². The van der Waals surface area contributed by atoms with E-state index in [0.717, 1.165) is 54.0 Å². The van der Waals surface area contributed by atoms with Crippen molar-refractivity contribution in [3.63, 3.8) is 0 Å². The molecule has 0 atom stereocenters. The fourth-order valence-corrected chi connectivity index (χ4v) is 4.43. The molecule has 34 heavy (non-hydrogen) atoms. The third-order valence-corrected chi connectivity index (χ3v) is 6.17. The molecule has 0 aliphatic carbocycles. The molecular formula is C30H36ClNO2. The molecule has 0 spiro atoms. The highest BCUT2D eigenvalue weighted by molar-refractivity contribution is 6.53. The molecule has 0 bridgehead atoms. The van der Waals surface area contributed by atoms with E-state index in [2.05, 4.69) is 18.7 Å². The first-order chi connectivity index (χ1) is 16.6. The van der Waals surface area contributed by atoms with Crippen LogP contribution in [0.4, 0.5) is 0 Å². The quantitative estimate of drug-likeness (QED) is 0.201. The summed E-state index contributed by atoms with van der Waals surface area (Å²) in [5.74, 6) is 1.10. The van der Waals surface area contributed by atoms with E-state index in [4.69, 9.17) is 16.3 Å². The maximum atomic E-state index is 9.74. The lowest BCUT2D eigenvalue weighted by Crippen LogP contribution is -2.26. The van der Waals surface area contributed by atoms with Gasteiger partial charge in [0, 0.05) is 5.57 Å². The molecule has 4 heteroatoms.